The number of para-hydroxylation sites is 1. The van der Waals surface area contributed by atoms with Gasteiger partial charge >= 0.3 is 0 Å². The molecular formula is C23H27N3O3. The molecule has 3 aromatic carbocycles. The molecule has 0 heterocycles. The van der Waals surface area contributed by atoms with Gasteiger partial charge in [0.25, 0.3) is 0 Å². The normalized spacial score (nSPS) is 12.8. The summed E-state index contributed by atoms with van der Waals surface area (Å²) in [5.41, 5.74) is 15.4. The Morgan fingerprint density at radius 2 is 1.69 bits per heavy atom. The van der Waals surface area contributed by atoms with Crippen LogP contribution in [0.25, 0.3) is 11.1 Å². The topological polar surface area (TPSA) is 103 Å². The van der Waals surface area contributed by atoms with E-state index in [-0.39, 0.29) is 12.6 Å². The zero-order valence-corrected chi connectivity index (χ0v) is 16.4. The van der Waals surface area contributed by atoms with Gasteiger partial charge in [0.1, 0.15) is 6.61 Å². The van der Waals surface area contributed by atoms with Crippen molar-refractivity contribution in [3.05, 3.63) is 78.4 Å². The SMILES string of the molecule is COc1cc(C(N)CN)ccc1OCC(O)Nc1ccccc1-c1ccccc1. The number of hydrogen-bond donors (Lipinski definition) is 4. The highest BCUT2D eigenvalue weighted by Crippen LogP contribution is 2.31. The second-order valence-corrected chi connectivity index (χ2v) is 6.64. The molecule has 0 saturated heterocycles. The van der Waals surface area contributed by atoms with Crippen molar-refractivity contribution >= 4 is 5.69 Å². The summed E-state index contributed by atoms with van der Waals surface area (Å²) in [6.45, 7) is 0.384. The molecule has 0 bridgehead atoms. The number of hydrogen-bond acceptors (Lipinski definition) is 6. The molecule has 0 radical (unpaired) electrons. The van der Waals surface area contributed by atoms with Gasteiger partial charge in [-0.3, -0.25) is 0 Å². The molecule has 0 fully saturated rings. The van der Waals surface area contributed by atoms with Crippen molar-refractivity contribution in [2.75, 3.05) is 25.6 Å². The van der Waals surface area contributed by atoms with E-state index in [0.29, 0.717) is 18.0 Å². The van der Waals surface area contributed by atoms with E-state index in [9.17, 15) is 5.11 Å². The maximum Gasteiger partial charge on any atom is 0.161 e. The van der Waals surface area contributed by atoms with Crippen LogP contribution in [-0.2, 0) is 0 Å². The van der Waals surface area contributed by atoms with Crippen molar-refractivity contribution < 1.29 is 14.6 Å². The molecule has 3 rings (SSSR count). The molecule has 152 valence electrons. The van der Waals surface area contributed by atoms with Crippen molar-refractivity contribution in [3.63, 3.8) is 0 Å². The predicted molar refractivity (Wildman–Crippen MR) is 116 cm³/mol. The van der Waals surface area contributed by atoms with Crippen molar-refractivity contribution in [2.45, 2.75) is 12.3 Å². The van der Waals surface area contributed by atoms with Crippen LogP contribution in [0.1, 0.15) is 11.6 Å². The van der Waals surface area contributed by atoms with E-state index >= 15 is 0 Å². The number of aliphatic hydroxyl groups is 1. The fraction of sp³-hybridized carbons (Fsp3) is 0.217. The van der Waals surface area contributed by atoms with E-state index in [2.05, 4.69) is 5.32 Å². The minimum absolute atomic E-state index is 0.0434. The highest BCUT2D eigenvalue weighted by atomic mass is 16.5. The van der Waals surface area contributed by atoms with Crippen LogP contribution in [0.4, 0.5) is 5.69 Å². The Kier molecular flexibility index (Phi) is 7.08. The molecule has 6 N–H and O–H groups in total. The fourth-order valence-electron chi connectivity index (χ4n) is 3.04. The standard InChI is InChI=1S/C23H27N3O3/c1-28-22-13-17(19(25)14-24)11-12-21(22)29-15-23(27)26-20-10-6-5-9-18(20)16-7-3-2-4-8-16/h2-13,19,23,26-27H,14-15,24-25H2,1H3. The van der Waals surface area contributed by atoms with Gasteiger partial charge in [0.05, 0.1) is 7.11 Å². The molecule has 29 heavy (non-hydrogen) atoms. The van der Waals surface area contributed by atoms with E-state index in [4.69, 9.17) is 20.9 Å². The summed E-state index contributed by atoms with van der Waals surface area (Å²) in [6.07, 6.45) is -0.907. The van der Waals surface area contributed by atoms with Crippen LogP contribution in [0.3, 0.4) is 0 Å². The zero-order chi connectivity index (χ0) is 20.6. The number of benzene rings is 3. The molecule has 0 aliphatic carbocycles. The lowest BCUT2D eigenvalue weighted by atomic mass is 10.0. The minimum atomic E-state index is -0.907. The Morgan fingerprint density at radius 3 is 2.41 bits per heavy atom. The first kappa shape index (κ1) is 20.7. The molecule has 0 aliphatic heterocycles. The van der Waals surface area contributed by atoms with Gasteiger partial charge in [-0.05, 0) is 29.3 Å². The molecule has 3 aromatic rings. The molecule has 2 atom stereocenters. The number of methoxy groups -OCH3 is 1. The predicted octanol–water partition coefficient (Wildman–Crippen LogP) is 3.13. The summed E-state index contributed by atoms with van der Waals surface area (Å²) in [5, 5.41) is 13.6. The van der Waals surface area contributed by atoms with Gasteiger partial charge < -0.3 is 31.4 Å². The van der Waals surface area contributed by atoms with Gasteiger partial charge in [0, 0.05) is 23.8 Å². The second-order valence-electron chi connectivity index (χ2n) is 6.64. The van der Waals surface area contributed by atoms with E-state index in [1.54, 1.807) is 19.2 Å². The highest BCUT2D eigenvalue weighted by Gasteiger charge is 2.13. The number of nitrogens with one attached hydrogen (secondary N) is 1. The Labute approximate surface area is 171 Å². The highest BCUT2D eigenvalue weighted by molar-refractivity contribution is 5.77. The third-order valence-corrected chi connectivity index (χ3v) is 4.60. The zero-order valence-electron chi connectivity index (χ0n) is 16.4. The average molecular weight is 393 g/mol. The van der Waals surface area contributed by atoms with Crippen LogP contribution < -0.4 is 26.3 Å². The van der Waals surface area contributed by atoms with E-state index < -0.39 is 6.23 Å². The van der Waals surface area contributed by atoms with Crippen LogP contribution in [-0.4, -0.2) is 31.6 Å². The maximum absolute atomic E-state index is 10.5. The third kappa shape index (κ3) is 5.26. The summed E-state index contributed by atoms with van der Waals surface area (Å²) in [6, 6.07) is 23.0. The van der Waals surface area contributed by atoms with Crippen LogP contribution in [0.15, 0.2) is 72.8 Å². The number of rotatable bonds is 9. The Balaban J connectivity index is 1.68. The van der Waals surface area contributed by atoms with Crippen LogP contribution >= 0.6 is 0 Å². The molecule has 0 spiro atoms. The van der Waals surface area contributed by atoms with E-state index in [0.717, 1.165) is 22.4 Å². The van der Waals surface area contributed by atoms with Gasteiger partial charge in [-0.1, -0.05) is 54.6 Å². The Hall–Kier alpha value is -3.06. The van der Waals surface area contributed by atoms with E-state index in [1.807, 2.05) is 60.7 Å². The monoisotopic (exact) mass is 393 g/mol. The Bertz CT molecular complexity index is 918. The second kappa shape index (κ2) is 9.93. The first-order valence-corrected chi connectivity index (χ1v) is 9.47. The largest absolute Gasteiger partial charge is 0.493 e. The molecule has 6 heteroatoms. The first-order chi connectivity index (χ1) is 14.1. The summed E-state index contributed by atoms with van der Waals surface area (Å²) in [7, 11) is 1.56. The molecule has 2 unspecified atom stereocenters. The van der Waals surface area contributed by atoms with Gasteiger partial charge in [-0.15, -0.1) is 0 Å². The van der Waals surface area contributed by atoms with Gasteiger partial charge in [-0.2, -0.15) is 0 Å². The van der Waals surface area contributed by atoms with Crippen molar-refractivity contribution in [3.8, 4) is 22.6 Å². The lowest BCUT2D eigenvalue weighted by Gasteiger charge is -2.19. The van der Waals surface area contributed by atoms with E-state index in [1.165, 1.54) is 0 Å². The smallest absolute Gasteiger partial charge is 0.161 e. The van der Waals surface area contributed by atoms with Gasteiger partial charge in [0.15, 0.2) is 17.7 Å². The number of aliphatic hydroxyl groups excluding tert-OH is 1. The number of nitrogens with two attached hydrogens (primary N) is 2. The molecule has 0 aromatic heterocycles. The lowest BCUT2D eigenvalue weighted by molar-refractivity contribution is 0.127. The fourth-order valence-corrected chi connectivity index (χ4v) is 3.04. The summed E-state index contributed by atoms with van der Waals surface area (Å²) < 4.78 is 11.2. The lowest BCUT2D eigenvalue weighted by Crippen LogP contribution is -2.27. The number of ether oxygens (including phenoxy) is 2. The van der Waals surface area contributed by atoms with Crippen molar-refractivity contribution in [1.82, 2.24) is 0 Å². The molecule has 0 saturated carbocycles. The molecular weight excluding hydrogens is 366 g/mol. The molecule has 0 amide bonds. The summed E-state index contributed by atoms with van der Waals surface area (Å²) in [5.74, 6) is 1.07. The van der Waals surface area contributed by atoms with Gasteiger partial charge in [0.2, 0.25) is 0 Å². The summed E-state index contributed by atoms with van der Waals surface area (Å²) in [4.78, 5) is 0. The van der Waals surface area contributed by atoms with Gasteiger partial charge in [-0.25, -0.2) is 0 Å². The van der Waals surface area contributed by atoms with Crippen molar-refractivity contribution in [2.24, 2.45) is 11.5 Å². The minimum Gasteiger partial charge on any atom is -0.493 e. The quantitative estimate of drug-likeness (QED) is 0.417. The molecule has 0 aliphatic rings. The third-order valence-electron chi connectivity index (χ3n) is 4.60. The summed E-state index contributed by atoms with van der Waals surface area (Å²) >= 11 is 0. The van der Waals surface area contributed by atoms with Crippen LogP contribution in [0.5, 0.6) is 11.5 Å². The van der Waals surface area contributed by atoms with Crippen molar-refractivity contribution in [1.29, 1.82) is 0 Å². The van der Waals surface area contributed by atoms with Crippen LogP contribution in [0.2, 0.25) is 0 Å². The Morgan fingerprint density at radius 1 is 0.966 bits per heavy atom. The number of anilines is 1. The van der Waals surface area contributed by atoms with Crippen LogP contribution in [0, 0.1) is 0 Å². The average Bonchev–Trinajstić information content (AvgIpc) is 2.78. The molecule has 6 nitrogen and oxygen atoms in total. The maximum atomic E-state index is 10.5. The first-order valence-electron chi connectivity index (χ1n) is 9.47.